The molecule has 10 heteroatoms. The van der Waals surface area contributed by atoms with Gasteiger partial charge in [-0.1, -0.05) is 29.3 Å². The first kappa shape index (κ1) is 23.5. The van der Waals surface area contributed by atoms with E-state index in [9.17, 15) is 23.1 Å². The molecule has 0 saturated carbocycles. The minimum absolute atomic E-state index is 0.00615. The quantitative estimate of drug-likeness (QED) is 0.466. The van der Waals surface area contributed by atoms with Crippen molar-refractivity contribution < 1.29 is 23.1 Å². The predicted molar refractivity (Wildman–Crippen MR) is 115 cm³/mol. The topological polar surface area (TPSA) is 73.4 Å². The summed E-state index contributed by atoms with van der Waals surface area (Å²) < 4.78 is 41.4. The summed E-state index contributed by atoms with van der Waals surface area (Å²) in [5, 5.41) is 18.8. The smallest absolute Gasteiger partial charge is 0.381 e. The number of aryl methyl sites for hydroxylation is 1. The Labute approximate surface area is 187 Å². The van der Waals surface area contributed by atoms with Crippen molar-refractivity contribution in [2.75, 3.05) is 18.4 Å². The van der Waals surface area contributed by atoms with Crippen molar-refractivity contribution in [2.45, 2.75) is 37.6 Å². The normalized spacial score (nSPS) is 17.6. The number of benzene rings is 2. The number of anilines is 1. The standard InChI is InChI=1S/C21H22Cl2F3N3O2/c1-2-27-19(30)29-18-6-3-12-7-16(4-5-17(12)18)28-11-20(31,21(24,25)26)13-8-14(22)10-15(23)9-13/h4-5,7-10,18,28,31H,2-3,6,11H2,1H3,(H2,27,29,30)/t18-,20-/m0/s1. The van der Waals surface area contributed by atoms with E-state index in [4.69, 9.17) is 23.2 Å². The Kier molecular flexibility index (Phi) is 6.93. The monoisotopic (exact) mass is 475 g/mol. The fourth-order valence-electron chi connectivity index (χ4n) is 3.64. The highest BCUT2D eigenvalue weighted by atomic mass is 35.5. The second-order valence-electron chi connectivity index (χ2n) is 7.38. The van der Waals surface area contributed by atoms with Gasteiger partial charge in [-0.25, -0.2) is 4.79 Å². The van der Waals surface area contributed by atoms with Gasteiger partial charge in [-0.15, -0.1) is 0 Å². The molecule has 168 valence electrons. The third kappa shape index (κ3) is 5.19. The molecule has 0 saturated heterocycles. The number of hydrogen-bond donors (Lipinski definition) is 4. The summed E-state index contributed by atoms with van der Waals surface area (Å²) in [6.07, 6.45) is -3.59. The van der Waals surface area contributed by atoms with Crippen LogP contribution in [0, 0.1) is 0 Å². The molecule has 0 spiro atoms. The molecule has 0 bridgehead atoms. The largest absolute Gasteiger partial charge is 0.423 e. The summed E-state index contributed by atoms with van der Waals surface area (Å²) in [4.78, 5) is 11.8. The highest BCUT2D eigenvalue weighted by Gasteiger charge is 2.55. The maximum atomic E-state index is 13.8. The molecular weight excluding hydrogens is 454 g/mol. The highest BCUT2D eigenvalue weighted by Crippen LogP contribution is 2.41. The van der Waals surface area contributed by atoms with Gasteiger partial charge in [0.1, 0.15) is 0 Å². The molecular formula is C21H22Cl2F3N3O2. The van der Waals surface area contributed by atoms with Gasteiger partial charge in [-0.3, -0.25) is 0 Å². The molecule has 5 nitrogen and oxygen atoms in total. The Morgan fingerprint density at radius 2 is 1.84 bits per heavy atom. The van der Waals surface area contributed by atoms with Crippen molar-refractivity contribution in [3.8, 4) is 0 Å². The Morgan fingerprint density at radius 3 is 2.45 bits per heavy atom. The van der Waals surface area contributed by atoms with Crippen LogP contribution in [-0.2, 0) is 12.0 Å². The molecule has 0 radical (unpaired) electrons. The van der Waals surface area contributed by atoms with Crippen LogP contribution in [0.15, 0.2) is 36.4 Å². The van der Waals surface area contributed by atoms with Crippen molar-refractivity contribution in [1.82, 2.24) is 10.6 Å². The number of amides is 2. The number of alkyl halides is 3. The van der Waals surface area contributed by atoms with Crippen LogP contribution in [0.25, 0.3) is 0 Å². The molecule has 2 aromatic rings. The van der Waals surface area contributed by atoms with Crippen LogP contribution in [0.3, 0.4) is 0 Å². The van der Waals surface area contributed by atoms with Crippen LogP contribution < -0.4 is 16.0 Å². The molecule has 1 aliphatic rings. The van der Waals surface area contributed by atoms with Crippen LogP contribution in [-0.4, -0.2) is 30.4 Å². The Hall–Kier alpha value is -2.16. The van der Waals surface area contributed by atoms with Gasteiger partial charge in [0.15, 0.2) is 0 Å². The fraction of sp³-hybridized carbons (Fsp3) is 0.381. The minimum Gasteiger partial charge on any atom is -0.381 e. The molecule has 2 amide bonds. The molecule has 1 aliphatic carbocycles. The second kappa shape index (κ2) is 9.14. The van der Waals surface area contributed by atoms with Gasteiger partial charge in [0.25, 0.3) is 0 Å². The van der Waals surface area contributed by atoms with E-state index >= 15 is 0 Å². The minimum atomic E-state index is -4.97. The number of urea groups is 1. The molecule has 0 heterocycles. The summed E-state index contributed by atoms with van der Waals surface area (Å²) in [5.74, 6) is 0. The first-order valence-corrected chi connectivity index (χ1v) is 10.5. The average Bonchev–Trinajstić information content (AvgIpc) is 3.06. The summed E-state index contributed by atoms with van der Waals surface area (Å²) in [5.41, 5.74) is -1.37. The first-order valence-electron chi connectivity index (χ1n) is 9.70. The molecule has 0 aromatic heterocycles. The number of nitrogens with one attached hydrogen (secondary N) is 3. The predicted octanol–water partition coefficient (Wildman–Crippen LogP) is 5.16. The summed E-state index contributed by atoms with van der Waals surface area (Å²) in [6.45, 7) is 1.50. The van der Waals surface area contributed by atoms with E-state index in [1.54, 1.807) is 18.2 Å². The van der Waals surface area contributed by atoms with E-state index in [0.717, 1.165) is 23.3 Å². The number of fused-ring (bicyclic) bond motifs is 1. The van der Waals surface area contributed by atoms with Crippen LogP contribution in [0.5, 0.6) is 0 Å². The molecule has 4 N–H and O–H groups in total. The van der Waals surface area contributed by atoms with Crippen molar-refractivity contribution in [3.05, 3.63) is 63.1 Å². The van der Waals surface area contributed by atoms with Crippen LogP contribution in [0.2, 0.25) is 10.0 Å². The van der Waals surface area contributed by atoms with E-state index in [2.05, 4.69) is 16.0 Å². The number of halogens is 5. The third-order valence-electron chi connectivity index (χ3n) is 5.22. The van der Waals surface area contributed by atoms with Crippen molar-refractivity contribution in [3.63, 3.8) is 0 Å². The van der Waals surface area contributed by atoms with Crippen LogP contribution >= 0.6 is 23.2 Å². The first-order chi connectivity index (χ1) is 14.5. The average molecular weight is 476 g/mol. The maximum absolute atomic E-state index is 13.8. The Balaban J connectivity index is 1.78. The van der Waals surface area contributed by atoms with E-state index in [1.165, 1.54) is 6.07 Å². The van der Waals surface area contributed by atoms with Gasteiger partial charge < -0.3 is 21.1 Å². The van der Waals surface area contributed by atoms with Gasteiger partial charge in [-0.2, -0.15) is 13.2 Å². The summed E-state index contributed by atoms with van der Waals surface area (Å²) >= 11 is 11.7. The van der Waals surface area contributed by atoms with Gasteiger partial charge in [-0.05, 0) is 66.8 Å². The van der Waals surface area contributed by atoms with Crippen molar-refractivity contribution >= 4 is 34.9 Å². The maximum Gasteiger partial charge on any atom is 0.423 e. The lowest BCUT2D eigenvalue weighted by Crippen LogP contribution is -2.47. The summed E-state index contributed by atoms with van der Waals surface area (Å²) in [6, 6.07) is 8.09. The zero-order valence-electron chi connectivity index (χ0n) is 16.6. The number of carbonyl (C=O) groups excluding carboxylic acids is 1. The SMILES string of the molecule is CCNC(=O)N[C@H]1CCc2cc(NC[C@](O)(c3cc(Cl)cc(Cl)c3)C(F)(F)F)ccc21. The lowest BCUT2D eigenvalue weighted by molar-refractivity contribution is -0.260. The Bertz CT molecular complexity index is 951. The number of aliphatic hydroxyl groups is 1. The van der Waals surface area contributed by atoms with Gasteiger partial charge in [0, 0.05) is 22.3 Å². The van der Waals surface area contributed by atoms with E-state index in [0.29, 0.717) is 25.1 Å². The van der Waals surface area contributed by atoms with Crippen molar-refractivity contribution in [1.29, 1.82) is 0 Å². The Morgan fingerprint density at radius 1 is 1.16 bits per heavy atom. The number of carbonyl (C=O) groups is 1. The third-order valence-corrected chi connectivity index (χ3v) is 5.66. The van der Waals surface area contributed by atoms with Gasteiger partial charge >= 0.3 is 12.2 Å². The van der Waals surface area contributed by atoms with E-state index in [-0.39, 0.29) is 22.1 Å². The zero-order chi connectivity index (χ0) is 22.8. The molecule has 2 atom stereocenters. The zero-order valence-corrected chi connectivity index (χ0v) is 18.1. The molecule has 0 fully saturated rings. The second-order valence-corrected chi connectivity index (χ2v) is 8.25. The lowest BCUT2D eigenvalue weighted by Gasteiger charge is -2.32. The molecule has 31 heavy (non-hydrogen) atoms. The van der Waals surface area contributed by atoms with E-state index in [1.807, 2.05) is 6.92 Å². The molecule has 0 aliphatic heterocycles. The van der Waals surface area contributed by atoms with Gasteiger partial charge in [0.2, 0.25) is 5.60 Å². The van der Waals surface area contributed by atoms with Crippen LogP contribution in [0.4, 0.5) is 23.7 Å². The highest BCUT2D eigenvalue weighted by molar-refractivity contribution is 6.34. The van der Waals surface area contributed by atoms with Crippen molar-refractivity contribution in [2.24, 2.45) is 0 Å². The van der Waals surface area contributed by atoms with Gasteiger partial charge in [0.05, 0.1) is 12.6 Å². The van der Waals surface area contributed by atoms with E-state index < -0.39 is 23.9 Å². The lowest BCUT2D eigenvalue weighted by atomic mass is 9.92. The number of rotatable bonds is 6. The number of hydrogen-bond acceptors (Lipinski definition) is 3. The van der Waals surface area contributed by atoms with Crippen LogP contribution in [0.1, 0.15) is 36.1 Å². The molecule has 2 aromatic carbocycles. The summed E-state index contributed by atoms with van der Waals surface area (Å²) in [7, 11) is 0. The molecule has 0 unspecified atom stereocenters. The molecule has 3 rings (SSSR count). The fourth-order valence-corrected chi connectivity index (χ4v) is 4.16.